The zero-order chi connectivity index (χ0) is 18.6. The van der Waals surface area contributed by atoms with E-state index in [-0.39, 0.29) is 5.91 Å². The summed E-state index contributed by atoms with van der Waals surface area (Å²) in [6, 6.07) is 11.6. The van der Waals surface area contributed by atoms with Gasteiger partial charge in [-0.1, -0.05) is 17.7 Å². The molecule has 6 nitrogen and oxygen atoms in total. The molecule has 0 heterocycles. The molecular formula is C17H19ClN2O4S. The minimum atomic E-state index is -3.39. The van der Waals surface area contributed by atoms with E-state index in [9.17, 15) is 13.2 Å². The van der Waals surface area contributed by atoms with Crippen LogP contribution in [-0.4, -0.2) is 26.7 Å². The van der Waals surface area contributed by atoms with E-state index in [1.807, 2.05) is 6.92 Å². The SMILES string of the molecule is Cc1cc(Cl)ccc1OC(C)C(=O)Nc1cccc(NS(C)(=O)=O)c1. The molecule has 2 rings (SSSR count). The fourth-order valence-electron chi connectivity index (χ4n) is 2.11. The van der Waals surface area contributed by atoms with Crippen LogP contribution in [0.1, 0.15) is 12.5 Å². The van der Waals surface area contributed by atoms with Crippen LogP contribution in [0.3, 0.4) is 0 Å². The van der Waals surface area contributed by atoms with Crippen LogP contribution >= 0.6 is 11.6 Å². The fourth-order valence-corrected chi connectivity index (χ4v) is 2.89. The lowest BCUT2D eigenvalue weighted by Gasteiger charge is -2.16. The molecule has 8 heteroatoms. The van der Waals surface area contributed by atoms with Gasteiger partial charge in [0, 0.05) is 10.7 Å². The third-order valence-corrected chi connectivity index (χ3v) is 4.08. The van der Waals surface area contributed by atoms with E-state index in [1.54, 1.807) is 43.3 Å². The van der Waals surface area contributed by atoms with Crippen LogP contribution in [0, 0.1) is 6.92 Å². The number of rotatable bonds is 6. The molecule has 0 saturated carbocycles. The van der Waals surface area contributed by atoms with E-state index < -0.39 is 16.1 Å². The van der Waals surface area contributed by atoms with Gasteiger partial charge in [0.25, 0.3) is 5.91 Å². The standard InChI is InChI=1S/C17H19ClN2O4S/c1-11-9-13(18)7-8-16(11)24-12(2)17(21)19-14-5-4-6-15(10-14)20-25(3,22)23/h4-10,12,20H,1-3H3,(H,19,21). The zero-order valence-corrected chi connectivity index (χ0v) is 15.6. The van der Waals surface area contributed by atoms with Gasteiger partial charge in [-0.25, -0.2) is 8.42 Å². The smallest absolute Gasteiger partial charge is 0.265 e. The minimum Gasteiger partial charge on any atom is -0.481 e. The third-order valence-electron chi connectivity index (χ3n) is 3.24. The molecule has 0 aromatic heterocycles. The Morgan fingerprint density at radius 1 is 1.16 bits per heavy atom. The van der Waals surface area contributed by atoms with Gasteiger partial charge in [-0.05, 0) is 55.8 Å². The molecule has 0 aliphatic rings. The minimum absolute atomic E-state index is 0.356. The molecule has 0 aliphatic heterocycles. The van der Waals surface area contributed by atoms with Crippen LogP contribution in [0.15, 0.2) is 42.5 Å². The molecule has 0 saturated heterocycles. The summed E-state index contributed by atoms with van der Waals surface area (Å²) in [5, 5.41) is 3.29. The monoisotopic (exact) mass is 382 g/mol. The first-order chi connectivity index (χ1) is 11.6. The number of anilines is 2. The van der Waals surface area contributed by atoms with Crippen molar-refractivity contribution in [1.82, 2.24) is 0 Å². The van der Waals surface area contributed by atoms with Crippen molar-refractivity contribution < 1.29 is 17.9 Å². The lowest BCUT2D eigenvalue weighted by atomic mass is 10.2. The molecule has 134 valence electrons. The van der Waals surface area contributed by atoms with Gasteiger partial charge >= 0.3 is 0 Å². The average Bonchev–Trinajstić information content (AvgIpc) is 2.48. The summed E-state index contributed by atoms with van der Waals surface area (Å²) >= 11 is 5.90. The Bertz CT molecular complexity index is 884. The lowest BCUT2D eigenvalue weighted by Crippen LogP contribution is -2.30. The second kappa shape index (κ2) is 7.76. The largest absolute Gasteiger partial charge is 0.481 e. The van der Waals surface area contributed by atoms with Gasteiger partial charge in [-0.15, -0.1) is 0 Å². The molecule has 2 aromatic rings. The summed E-state index contributed by atoms with van der Waals surface area (Å²) in [6.07, 6.45) is 0.314. The van der Waals surface area contributed by atoms with Gasteiger partial charge in [0.15, 0.2) is 6.10 Å². The van der Waals surface area contributed by atoms with Crippen LogP contribution in [0.2, 0.25) is 5.02 Å². The Labute approximate surface area is 152 Å². The number of carbonyl (C=O) groups excluding carboxylic acids is 1. The molecule has 1 unspecified atom stereocenters. The Kier molecular flexibility index (Phi) is 5.92. The quantitative estimate of drug-likeness (QED) is 0.801. The number of hydrogen-bond acceptors (Lipinski definition) is 4. The summed E-state index contributed by atoms with van der Waals surface area (Å²) in [6.45, 7) is 3.47. The third kappa shape index (κ3) is 5.95. The van der Waals surface area contributed by atoms with E-state index in [2.05, 4.69) is 10.0 Å². The summed E-state index contributed by atoms with van der Waals surface area (Å²) < 4.78 is 30.6. The Morgan fingerprint density at radius 2 is 1.84 bits per heavy atom. The van der Waals surface area contributed by atoms with Crippen molar-refractivity contribution in [2.24, 2.45) is 0 Å². The second-order valence-electron chi connectivity index (χ2n) is 5.61. The van der Waals surface area contributed by atoms with E-state index >= 15 is 0 Å². The molecule has 2 N–H and O–H groups in total. The van der Waals surface area contributed by atoms with Gasteiger partial charge in [0.1, 0.15) is 5.75 Å². The van der Waals surface area contributed by atoms with Gasteiger partial charge < -0.3 is 10.1 Å². The van der Waals surface area contributed by atoms with Gasteiger partial charge in [0.05, 0.1) is 11.9 Å². The maximum atomic E-state index is 12.3. The van der Waals surface area contributed by atoms with Crippen LogP contribution in [0.5, 0.6) is 5.75 Å². The normalized spacial score (nSPS) is 12.3. The van der Waals surface area contributed by atoms with Gasteiger partial charge in [0.2, 0.25) is 10.0 Å². The fraction of sp³-hybridized carbons (Fsp3) is 0.235. The maximum absolute atomic E-state index is 12.3. The predicted molar refractivity (Wildman–Crippen MR) is 99.8 cm³/mol. The molecule has 1 atom stereocenters. The summed E-state index contributed by atoms with van der Waals surface area (Å²) in [7, 11) is -3.39. The zero-order valence-electron chi connectivity index (χ0n) is 14.0. The van der Waals surface area contributed by atoms with Crippen LogP contribution in [-0.2, 0) is 14.8 Å². The highest BCUT2D eigenvalue weighted by Gasteiger charge is 2.16. The number of amides is 1. The molecule has 2 aromatic carbocycles. The van der Waals surface area contributed by atoms with E-state index in [0.29, 0.717) is 22.1 Å². The van der Waals surface area contributed by atoms with Gasteiger partial charge in [-0.3, -0.25) is 9.52 Å². The lowest BCUT2D eigenvalue weighted by molar-refractivity contribution is -0.122. The number of halogens is 1. The topological polar surface area (TPSA) is 84.5 Å². The maximum Gasteiger partial charge on any atom is 0.265 e. The van der Waals surface area contributed by atoms with Crippen molar-refractivity contribution in [1.29, 1.82) is 0 Å². The van der Waals surface area contributed by atoms with Crippen LogP contribution < -0.4 is 14.8 Å². The first-order valence-electron chi connectivity index (χ1n) is 7.45. The molecule has 0 fully saturated rings. The highest BCUT2D eigenvalue weighted by atomic mass is 35.5. The molecule has 0 bridgehead atoms. The van der Waals surface area contributed by atoms with Crippen molar-refractivity contribution in [2.75, 3.05) is 16.3 Å². The highest BCUT2D eigenvalue weighted by Crippen LogP contribution is 2.23. The van der Waals surface area contributed by atoms with E-state index in [1.165, 1.54) is 6.07 Å². The van der Waals surface area contributed by atoms with Crippen molar-refractivity contribution in [3.8, 4) is 5.75 Å². The average molecular weight is 383 g/mol. The number of carbonyl (C=O) groups is 1. The number of hydrogen-bond donors (Lipinski definition) is 2. The summed E-state index contributed by atoms with van der Waals surface area (Å²) in [5.41, 5.74) is 1.65. The van der Waals surface area contributed by atoms with Crippen LogP contribution in [0.25, 0.3) is 0 Å². The van der Waals surface area contributed by atoms with Crippen molar-refractivity contribution >= 4 is 38.9 Å². The first kappa shape index (κ1) is 19.1. The number of ether oxygens (including phenoxy) is 1. The molecular weight excluding hydrogens is 364 g/mol. The Balaban J connectivity index is 2.04. The molecule has 0 aliphatic carbocycles. The summed E-state index contributed by atoms with van der Waals surface area (Å²) in [4.78, 5) is 12.3. The van der Waals surface area contributed by atoms with Crippen molar-refractivity contribution in [2.45, 2.75) is 20.0 Å². The van der Waals surface area contributed by atoms with Crippen molar-refractivity contribution in [3.63, 3.8) is 0 Å². The number of sulfonamides is 1. The highest BCUT2D eigenvalue weighted by molar-refractivity contribution is 7.92. The first-order valence-corrected chi connectivity index (χ1v) is 9.72. The molecule has 1 amide bonds. The number of nitrogens with one attached hydrogen (secondary N) is 2. The predicted octanol–water partition coefficient (Wildman–Crippen LogP) is 3.43. The van der Waals surface area contributed by atoms with E-state index in [0.717, 1.165) is 11.8 Å². The van der Waals surface area contributed by atoms with Crippen molar-refractivity contribution in [3.05, 3.63) is 53.1 Å². The Hall–Kier alpha value is -2.25. The number of benzene rings is 2. The second-order valence-corrected chi connectivity index (χ2v) is 7.80. The Morgan fingerprint density at radius 3 is 2.48 bits per heavy atom. The summed E-state index contributed by atoms with van der Waals surface area (Å²) in [5.74, 6) is 0.213. The van der Waals surface area contributed by atoms with Crippen LogP contribution in [0.4, 0.5) is 11.4 Å². The number of aryl methyl sites for hydroxylation is 1. The molecule has 0 spiro atoms. The van der Waals surface area contributed by atoms with E-state index in [4.69, 9.17) is 16.3 Å². The molecule has 0 radical (unpaired) electrons. The molecule has 25 heavy (non-hydrogen) atoms. The van der Waals surface area contributed by atoms with Gasteiger partial charge in [-0.2, -0.15) is 0 Å².